The van der Waals surface area contributed by atoms with Crippen molar-refractivity contribution in [2.75, 3.05) is 5.73 Å². The number of hydrogen-bond acceptors (Lipinski definition) is 3. The van der Waals surface area contributed by atoms with Crippen LogP contribution < -0.4 is 10.5 Å². The van der Waals surface area contributed by atoms with E-state index in [0.717, 1.165) is 36.8 Å². The van der Waals surface area contributed by atoms with Crippen molar-refractivity contribution in [1.82, 2.24) is 4.72 Å². The Kier molecular flexibility index (Phi) is 3.87. The predicted molar refractivity (Wildman–Crippen MR) is 77.6 cm³/mol. The van der Waals surface area contributed by atoms with Crippen LogP contribution >= 0.6 is 0 Å². The van der Waals surface area contributed by atoms with Gasteiger partial charge in [0.15, 0.2) is 0 Å². The Bertz CT molecular complexity index is 588. The van der Waals surface area contributed by atoms with Gasteiger partial charge in [0.2, 0.25) is 10.0 Å². The Labute approximate surface area is 115 Å². The van der Waals surface area contributed by atoms with Gasteiger partial charge in [-0.1, -0.05) is 18.9 Å². The Hall–Kier alpha value is -1.07. The van der Waals surface area contributed by atoms with E-state index in [1.807, 2.05) is 19.9 Å². The molecular formula is C14H22N2O2S. The molecule has 1 aliphatic carbocycles. The van der Waals surface area contributed by atoms with Crippen LogP contribution in [0, 0.1) is 20.8 Å². The summed E-state index contributed by atoms with van der Waals surface area (Å²) in [4.78, 5) is 0.350. The maximum absolute atomic E-state index is 12.5. The maximum atomic E-state index is 12.5. The molecule has 0 spiro atoms. The number of hydrogen-bond donors (Lipinski definition) is 2. The van der Waals surface area contributed by atoms with Gasteiger partial charge in [0, 0.05) is 11.7 Å². The van der Waals surface area contributed by atoms with Crippen molar-refractivity contribution in [3.8, 4) is 0 Å². The highest BCUT2D eigenvalue weighted by Crippen LogP contribution is 2.29. The Morgan fingerprint density at radius 1 is 1.16 bits per heavy atom. The van der Waals surface area contributed by atoms with Gasteiger partial charge in [-0.15, -0.1) is 0 Å². The third-order valence-corrected chi connectivity index (χ3v) is 5.72. The van der Waals surface area contributed by atoms with Gasteiger partial charge in [0.05, 0.1) is 4.90 Å². The minimum absolute atomic E-state index is 0.0753. The molecule has 1 aliphatic rings. The monoisotopic (exact) mass is 282 g/mol. The number of nitrogens with one attached hydrogen (secondary N) is 1. The van der Waals surface area contributed by atoms with Crippen LogP contribution in [-0.2, 0) is 10.0 Å². The van der Waals surface area contributed by atoms with Crippen molar-refractivity contribution in [3.05, 3.63) is 22.8 Å². The molecule has 4 nitrogen and oxygen atoms in total. The highest BCUT2D eigenvalue weighted by atomic mass is 32.2. The average Bonchev–Trinajstić information content (AvgIpc) is 2.77. The van der Waals surface area contributed by atoms with E-state index < -0.39 is 10.0 Å². The number of sulfonamides is 1. The number of anilines is 1. The zero-order chi connectivity index (χ0) is 14.2. The lowest BCUT2D eigenvalue weighted by atomic mass is 10.1. The van der Waals surface area contributed by atoms with Crippen LogP contribution in [0.4, 0.5) is 5.69 Å². The molecule has 3 N–H and O–H groups in total. The smallest absolute Gasteiger partial charge is 0.241 e. The van der Waals surface area contributed by atoms with Crippen molar-refractivity contribution in [1.29, 1.82) is 0 Å². The van der Waals surface area contributed by atoms with E-state index >= 15 is 0 Å². The zero-order valence-corrected chi connectivity index (χ0v) is 12.6. The molecule has 1 aromatic carbocycles. The lowest BCUT2D eigenvalue weighted by Crippen LogP contribution is -2.33. The van der Waals surface area contributed by atoms with Crippen LogP contribution in [0.25, 0.3) is 0 Å². The van der Waals surface area contributed by atoms with Gasteiger partial charge in [-0.3, -0.25) is 0 Å². The van der Waals surface area contributed by atoms with E-state index in [9.17, 15) is 8.42 Å². The van der Waals surface area contributed by atoms with E-state index in [-0.39, 0.29) is 6.04 Å². The zero-order valence-electron chi connectivity index (χ0n) is 11.8. The Morgan fingerprint density at radius 3 is 2.32 bits per heavy atom. The SMILES string of the molecule is Cc1cc(C)c(S(=O)(=O)NC2CCCC2)c(C)c1N. The lowest BCUT2D eigenvalue weighted by molar-refractivity contribution is 0.551. The average molecular weight is 282 g/mol. The summed E-state index contributed by atoms with van der Waals surface area (Å²) < 4.78 is 27.9. The maximum Gasteiger partial charge on any atom is 0.241 e. The van der Waals surface area contributed by atoms with Crippen LogP contribution in [-0.4, -0.2) is 14.5 Å². The van der Waals surface area contributed by atoms with E-state index in [0.29, 0.717) is 16.1 Å². The van der Waals surface area contributed by atoms with Gasteiger partial charge in [0.25, 0.3) is 0 Å². The summed E-state index contributed by atoms with van der Waals surface area (Å²) in [6.45, 7) is 5.50. The van der Waals surface area contributed by atoms with Gasteiger partial charge in [0.1, 0.15) is 0 Å². The first-order valence-corrected chi connectivity index (χ1v) is 8.20. The number of rotatable bonds is 3. The third-order valence-electron chi connectivity index (χ3n) is 3.91. The normalized spacial score (nSPS) is 17.0. The summed E-state index contributed by atoms with van der Waals surface area (Å²) >= 11 is 0. The van der Waals surface area contributed by atoms with Gasteiger partial charge in [-0.2, -0.15) is 0 Å². The van der Waals surface area contributed by atoms with Gasteiger partial charge >= 0.3 is 0 Å². The topological polar surface area (TPSA) is 72.2 Å². The van der Waals surface area contributed by atoms with Crippen molar-refractivity contribution in [2.45, 2.75) is 57.4 Å². The van der Waals surface area contributed by atoms with E-state index in [1.165, 1.54) is 0 Å². The van der Waals surface area contributed by atoms with Gasteiger partial charge < -0.3 is 5.73 Å². The molecule has 0 radical (unpaired) electrons. The molecule has 1 fully saturated rings. The molecule has 0 aliphatic heterocycles. The molecule has 0 atom stereocenters. The van der Waals surface area contributed by atoms with Crippen molar-refractivity contribution >= 4 is 15.7 Å². The molecule has 2 rings (SSSR count). The summed E-state index contributed by atoms with van der Waals surface area (Å²) in [6, 6.07) is 1.91. The predicted octanol–water partition coefficient (Wildman–Crippen LogP) is 2.41. The number of aryl methyl sites for hydroxylation is 2. The summed E-state index contributed by atoms with van der Waals surface area (Å²) in [6.07, 6.45) is 4.06. The molecule has 1 aromatic rings. The number of nitrogen functional groups attached to an aromatic ring is 1. The fraction of sp³-hybridized carbons (Fsp3) is 0.571. The summed E-state index contributed by atoms with van der Waals surface area (Å²) in [7, 11) is -3.47. The fourth-order valence-electron chi connectivity index (χ4n) is 2.92. The van der Waals surface area contributed by atoms with Crippen LogP contribution in [0.1, 0.15) is 42.4 Å². The summed E-state index contributed by atoms with van der Waals surface area (Å²) in [5.74, 6) is 0. The minimum Gasteiger partial charge on any atom is -0.398 e. The Balaban J connectivity index is 2.42. The van der Waals surface area contributed by atoms with Crippen LogP contribution in [0.15, 0.2) is 11.0 Å². The highest BCUT2D eigenvalue weighted by Gasteiger charge is 2.26. The molecule has 0 unspecified atom stereocenters. The summed E-state index contributed by atoms with van der Waals surface area (Å²) in [5, 5.41) is 0. The first kappa shape index (κ1) is 14.3. The Morgan fingerprint density at radius 2 is 1.74 bits per heavy atom. The third kappa shape index (κ3) is 2.77. The molecule has 0 heterocycles. The van der Waals surface area contributed by atoms with Crippen molar-refractivity contribution < 1.29 is 8.42 Å². The van der Waals surface area contributed by atoms with Crippen molar-refractivity contribution in [3.63, 3.8) is 0 Å². The van der Waals surface area contributed by atoms with Crippen LogP contribution in [0.5, 0.6) is 0 Å². The number of benzene rings is 1. The molecule has 0 amide bonds. The standard InChI is InChI=1S/C14H22N2O2S/c1-9-8-10(2)14(11(3)13(9)15)19(17,18)16-12-6-4-5-7-12/h8,12,16H,4-7,15H2,1-3H3. The molecule has 0 saturated heterocycles. The van der Waals surface area contributed by atoms with E-state index in [1.54, 1.807) is 6.92 Å². The number of nitrogens with two attached hydrogens (primary N) is 1. The van der Waals surface area contributed by atoms with Crippen LogP contribution in [0.2, 0.25) is 0 Å². The fourth-order valence-corrected chi connectivity index (χ4v) is 4.71. The second kappa shape index (κ2) is 5.13. The van der Waals surface area contributed by atoms with E-state index in [4.69, 9.17) is 5.73 Å². The second-order valence-corrected chi connectivity index (χ2v) is 7.13. The minimum atomic E-state index is -3.47. The first-order chi connectivity index (χ1) is 8.83. The largest absolute Gasteiger partial charge is 0.398 e. The molecular weight excluding hydrogens is 260 g/mol. The lowest BCUT2D eigenvalue weighted by Gasteiger charge is -2.18. The van der Waals surface area contributed by atoms with Gasteiger partial charge in [-0.05, 0) is 50.3 Å². The summed E-state index contributed by atoms with van der Waals surface area (Å²) in [5.41, 5.74) is 8.87. The molecule has 1 saturated carbocycles. The molecule has 106 valence electrons. The molecule has 5 heteroatoms. The van der Waals surface area contributed by atoms with E-state index in [2.05, 4.69) is 4.72 Å². The van der Waals surface area contributed by atoms with Crippen molar-refractivity contribution in [2.24, 2.45) is 0 Å². The van der Waals surface area contributed by atoms with Gasteiger partial charge in [-0.25, -0.2) is 13.1 Å². The molecule has 19 heavy (non-hydrogen) atoms. The molecule has 0 bridgehead atoms. The molecule has 0 aromatic heterocycles. The first-order valence-electron chi connectivity index (χ1n) is 6.71. The second-order valence-electron chi connectivity index (χ2n) is 5.48. The van der Waals surface area contributed by atoms with Crippen LogP contribution in [0.3, 0.4) is 0 Å². The highest BCUT2D eigenvalue weighted by molar-refractivity contribution is 7.89. The quantitative estimate of drug-likeness (QED) is 0.836.